The summed E-state index contributed by atoms with van der Waals surface area (Å²) in [6, 6.07) is 8.72. The first-order valence-electron chi connectivity index (χ1n) is 6.93. The topological polar surface area (TPSA) is 15.3 Å². The van der Waals surface area contributed by atoms with E-state index in [4.69, 9.17) is 6.42 Å². The summed E-state index contributed by atoms with van der Waals surface area (Å²) in [6.45, 7) is 12.2. The zero-order chi connectivity index (χ0) is 14.3. The molecule has 19 heavy (non-hydrogen) atoms. The molecule has 0 fully saturated rings. The van der Waals surface area contributed by atoms with Gasteiger partial charge >= 0.3 is 0 Å². The van der Waals surface area contributed by atoms with Crippen LogP contribution in [0.1, 0.15) is 38.8 Å². The van der Waals surface area contributed by atoms with Crippen molar-refractivity contribution in [2.24, 2.45) is 0 Å². The van der Waals surface area contributed by atoms with E-state index < -0.39 is 0 Å². The number of hydrogen-bond acceptors (Lipinski definition) is 2. The van der Waals surface area contributed by atoms with E-state index >= 15 is 0 Å². The van der Waals surface area contributed by atoms with Crippen LogP contribution in [-0.4, -0.2) is 23.5 Å². The lowest BCUT2D eigenvalue weighted by atomic mass is 10.1. The highest BCUT2D eigenvalue weighted by Gasteiger charge is 2.08. The number of rotatable bonds is 6. The predicted molar refractivity (Wildman–Crippen MR) is 82.8 cm³/mol. The van der Waals surface area contributed by atoms with Crippen molar-refractivity contribution in [2.45, 2.75) is 46.3 Å². The molecule has 1 rings (SSSR count). The van der Waals surface area contributed by atoms with Crippen molar-refractivity contribution in [1.29, 1.82) is 0 Å². The van der Waals surface area contributed by atoms with Crippen LogP contribution in [0, 0.1) is 12.3 Å². The zero-order valence-electron chi connectivity index (χ0n) is 12.7. The molecule has 1 aromatic carbocycles. The Morgan fingerprint density at radius 1 is 1.26 bits per heavy atom. The van der Waals surface area contributed by atoms with Crippen LogP contribution in [-0.2, 0) is 13.1 Å². The molecule has 0 saturated heterocycles. The third-order valence-electron chi connectivity index (χ3n) is 2.98. The van der Waals surface area contributed by atoms with Crippen LogP contribution in [0.3, 0.4) is 0 Å². The Balaban J connectivity index is 2.64. The number of nitrogens with one attached hydrogen (secondary N) is 1. The molecule has 0 atom stereocenters. The van der Waals surface area contributed by atoms with Crippen LogP contribution in [0.5, 0.6) is 0 Å². The van der Waals surface area contributed by atoms with Crippen LogP contribution in [0.25, 0.3) is 0 Å². The van der Waals surface area contributed by atoms with E-state index in [1.807, 2.05) is 0 Å². The third kappa shape index (κ3) is 6.42. The van der Waals surface area contributed by atoms with Crippen LogP contribution in [0.2, 0.25) is 0 Å². The van der Waals surface area contributed by atoms with E-state index in [9.17, 15) is 0 Å². The Morgan fingerprint density at radius 2 is 1.95 bits per heavy atom. The smallest absolute Gasteiger partial charge is 0.0601 e. The molecule has 0 aromatic heterocycles. The van der Waals surface area contributed by atoms with Gasteiger partial charge in [-0.05, 0) is 38.4 Å². The van der Waals surface area contributed by atoms with Crippen molar-refractivity contribution < 1.29 is 0 Å². The van der Waals surface area contributed by atoms with Gasteiger partial charge in [-0.2, -0.15) is 0 Å². The second-order valence-corrected chi connectivity index (χ2v) is 5.93. The summed E-state index contributed by atoms with van der Waals surface area (Å²) in [5.74, 6) is 2.71. The maximum Gasteiger partial charge on any atom is 0.0601 e. The van der Waals surface area contributed by atoms with Gasteiger partial charge in [-0.1, -0.05) is 37.1 Å². The van der Waals surface area contributed by atoms with Crippen molar-refractivity contribution in [3.05, 3.63) is 35.4 Å². The highest BCUT2D eigenvalue weighted by molar-refractivity contribution is 5.23. The summed E-state index contributed by atoms with van der Waals surface area (Å²) in [4.78, 5) is 2.26. The molecule has 104 valence electrons. The number of terminal acetylenes is 1. The van der Waals surface area contributed by atoms with Gasteiger partial charge in [0.25, 0.3) is 0 Å². The Bertz CT molecular complexity index is 424. The highest BCUT2D eigenvalue weighted by Crippen LogP contribution is 2.10. The molecule has 0 saturated carbocycles. The second kappa shape index (κ2) is 7.33. The molecule has 1 aromatic rings. The molecule has 2 heteroatoms. The number of hydrogen-bond donors (Lipinski definition) is 1. The Kier molecular flexibility index (Phi) is 6.08. The molecule has 0 aliphatic carbocycles. The van der Waals surface area contributed by atoms with Crippen molar-refractivity contribution >= 4 is 0 Å². The van der Waals surface area contributed by atoms with Gasteiger partial charge in [0.05, 0.1) is 6.54 Å². The summed E-state index contributed by atoms with van der Waals surface area (Å²) in [5, 5.41) is 3.51. The van der Waals surface area contributed by atoms with Crippen LogP contribution >= 0.6 is 0 Å². The third-order valence-corrected chi connectivity index (χ3v) is 2.98. The molecule has 0 radical (unpaired) electrons. The SMILES string of the molecule is C#CCN(CC)Cc1cccc(CNC(C)(C)C)c1. The monoisotopic (exact) mass is 258 g/mol. The quantitative estimate of drug-likeness (QED) is 0.789. The summed E-state index contributed by atoms with van der Waals surface area (Å²) in [6.07, 6.45) is 5.38. The fourth-order valence-corrected chi connectivity index (χ4v) is 1.87. The molecule has 0 amide bonds. The molecule has 2 nitrogen and oxygen atoms in total. The largest absolute Gasteiger partial charge is 0.308 e. The molecular formula is C17H26N2. The van der Waals surface area contributed by atoms with Gasteiger partial charge in [0.2, 0.25) is 0 Å². The van der Waals surface area contributed by atoms with Gasteiger partial charge in [-0.15, -0.1) is 6.42 Å². The Hall–Kier alpha value is -1.30. The summed E-state index contributed by atoms with van der Waals surface area (Å²) in [5.41, 5.74) is 2.80. The summed E-state index contributed by atoms with van der Waals surface area (Å²) >= 11 is 0. The predicted octanol–water partition coefficient (Wildman–Crippen LogP) is 3.03. The minimum Gasteiger partial charge on any atom is -0.308 e. The maximum absolute atomic E-state index is 5.38. The lowest BCUT2D eigenvalue weighted by molar-refractivity contribution is 0.316. The molecule has 0 unspecified atom stereocenters. The van der Waals surface area contributed by atoms with E-state index in [-0.39, 0.29) is 5.54 Å². The number of nitrogens with zero attached hydrogens (tertiary/aromatic N) is 1. The minimum absolute atomic E-state index is 0.148. The summed E-state index contributed by atoms with van der Waals surface area (Å²) < 4.78 is 0. The maximum atomic E-state index is 5.38. The molecule has 0 aliphatic heterocycles. The van der Waals surface area contributed by atoms with Crippen LogP contribution < -0.4 is 5.32 Å². The fourth-order valence-electron chi connectivity index (χ4n) is 1.87. The first-order chi connectivity index (χ1) is 8.94. The van der Waals surface area contributed by atoms with Crippen LogP contribution in [0.15, 0.2) is 24.3 Å². The van der Waals surface area contributed by atoms with Crippen molar-refractivity contribution in [1.82, 2.24) is 10.2 Å². The van der Waals surface area contributed by atoms with E-state index in [2.05, 4.69) is 68.1 Å². The lowest BCUT2D eigenvalue weighted by Gasteiger charge is -2.21. The first kappa shape index (κ1) is 15.8. The van der Waals surface area contributed by atoms with Gasteiger partial charge < -0.3 is 5.32 Å². The van der Waals surface area contributed by atoms with Crippen molar-refractivity contribution in [3.63, 3.8) is 0 Å². The van der Waals surface area contributed by atoms with Gasteiger partial charge in [0, 0.05) is 18.6 Å². The van der Waals surface area contributed by atoms with Crippen LogP contribution in [0.4, 0.5) is 0 Å². The normalized spacial score (nSPS) is 11.6. The standard InChI is InChI=1S/C17H26N2/c1-6-11-19(7-2)14-16-10-8-9-15(12-16)13-18-17(3,4)5/h1,8-10,12,18H,7,11,13-14H2,2-5H3. The van der Waals surface area contributed by atoms with Gasteiger partial charge in [-0.3, -0.25) is 4.90 Å². The second-order valence-electron chi connectivity index (χ2n) is 5.93. The fraction of sp³-hybridized carbons (Fsp3) is 0.529. The minimum atomic E-state index is 0.148. The molecule has 1 N–H and O–H groups in total. The Morgan fingerprint density at radius 3 is 2.53 bits per heavy atom. The van der Waals surface area contributed by atoms with E-state index in [0.717, 1.165) is 19.6 Å². The highest BCUT2D eigenvalue weighted by atomic mass is 15.1. The molecule has 0 bridgehead atoms. The van der Waals surface area contributed by atoms with Gasteiger partial charge in [0.15, 0.2) is 0 Å². The van der Waals surface area contributed by atoms with E-state index in [0.29, 0.717) is 6.54 Å². The van der Waals surface area contributed by atoms with Crippen molar-refractivity contribution in [3.8, 4) is 12.3 Å². The van der Waals surface area contributed by atoms with E-state index in [1.165, 1.54) is 11.1 Å². The zero-order valence-corrected chi connectivity index (χ0v) is 12.7. The molecular weight excluding hydrogens is 232 g/mol. The molecule has 0 spiro atoms. The van der Waals surface area contributed by atoms with Gasteiger partial charge in [0.1, 0.15) is 0 Å². The molecule has 0 heterocycles. The van der Waals surface area contributed by atoms with Crippen molar-refractivity contribution in [2.75, 3.05) is 13.1 Å². The van der Waals surface area contributed by atoms with Gasteiger partial charge in [-0.25, -0.2) is 0 Å². The summed E-state index contributed by atoms with van der Waals surface area (Å²) in [7, 11) is 0. The molecule has 0 aliphatic rings. The number of benzene rings is 1. The first-order valence-corrected chi connectivity index (χ1v) is 6.93. The average Bonchev–Trinajstić information content (AvgIpc) is 2.35. The van der Waals surface area contributed by atoms with E-state index in [1.54, 1.807) is 0 Å². The lowest BCUT2D eigenvalue weighted by Crippen LogP contribution is -2.35. The Labute approximate surface area is 118 Å². The average molecular weight is 258 g/mol.